The number of anilines is 1. The molecule has 11 heteroatoms. The summed E-state index contributed by atoms with van der Waals surface area (Å²) in [5, 5.41) is -0.535. The number of ether oxygens (including phenoxy) is 1. The average Bonchev–Trinajstić information content (AvgIpc) is 2.72. The van der Waals surface area contributed by atoms with Crippen molar-refractivity contribution in [2.45, 2.75) is 36.9 Å². The van der Waals surface area contributed by atoms with E-state index in [9.17, 15) is 26.4 Å². The fourth-order valence-corrected chi connectivity index (χ4v) is 3.53. The molecule has 1 heterocycles. The Labute approximate surface area is 179 Å². The lowest BCUT2D eigenvalue weighted by Gasteiger charge is -2.16. The molecule has 2 rings (SSSR count). The molecule has 2 aromatic rings. The van der Waals surface area contributed by atoms with Crippen LogP contribution >= 0.6 is 12.6 Å². The largest absolute Gasteiger partial charge is 0.469 e. The summed E-state index contributed by atoms with van der Waals surface area (Å²) in [5.74, 6) is -0.548. The van der Waals surface area contributed by atoms with E-state index in [1.807, 2.05) is 6.92 Å². The van der Waals surface area contributed by atoms with Crippen molar-refractivity contribution in [3.8, 4) is 0 Å². The molecule has 1 aromatic carbocycles. The second-order valence-corrected chi connectivity index (χ2v) is 7.63. The van der Waals surface area contributed by atoms with Crippen LogP contribution in [0.1, 0.15) is 36.8 Å². The van der Waals surface area contributed by atoms with Crippen LogP contribution in [0.2, 0.25) is 0 Å². The molecule has 1 aromatic heterocycles. The first-order valence-corrected chi connectivity index (χ1v) is 11.1. The van der Waals surface area contributed by atoms with Gasteiger partial charge in [-0.05, 0) is 48.4 Å². The summed E-state index contributed by atoms with van der Waals surface area (Å²) >= 11 is 3.53. The number of nitrogens with one attached hydrogen (secondary N) is 1. The number of benzene rings is 1. The minimum absolute atomic E-state index is 0.143. The number of halogens is 3. The highest BCUT2D eigenvalue weighted by atomic mass is 32.2. The minimum atomic E-state index is -4.61. The molecule has 0 aliphatic rings. The summed E-state index contributed by atoms with van der Waals surface area (Å²) in [4.78, 5) is 14.9. The maximum atomic E-state index is 12.6. The van der Waals surface area contributed by atoms with Crippen LogP contribution in [0, 0.1) is 0 Å². The molecular formula is C19H23F3N2O4S2. The van der Waals surface area contributed by atoms with Crippen LogP contribution in [-0.2, 0) is 25.7 Å². The normalized spacial score (nSPS) is 12.4. The van der Waals surface area contributed by atoms with Crippen molar-refractivity contribution in [3.63, 3.8) is 0 Å². The molecule has 0 fully saturated rings. The van der Waals surface area contributed by atoms with E-state index in [4.69, 9.17) is 0 Å². The number of aromatic nitrogens is 1. The van der Waals surface area contributed by atoms with Gasteiger partial charge in [0.1, 0.15) is 0 Å². The van der Waals surface area contributed by atoms with E-state index in [1.54, 1.807) is 24.5 Å². The number of rotatable bonds is 7. The van der Waals surface area contributed by atoms with Gasteiger partial charge >= 0.3 is 12.1 Å². The van der Waals surface area contributed by atoms with Gasteiger partial charge in [0, 0.05) is 11.9 Å². The zero-order valence-corrected chi connectivity index (χ0v) is 18.3. The van der Waals surface area contributed by atoms with Crippen LogP contribution in [0.4, 0.5) is 18.9 Å². The molecule has 1 unspecified atom stereocenters. The number of nitrogens with zero attached hydrogens (tertiary/aromatic N) is 1. The summed E-state index contributed by atoms with van der Waals surface area (Å²) in [5.41, 5.74) is -0.0990. The Morgan fingerprint density at radius 2 is 1.90 bits per heavy atom. The number of esters is 1. The Hall–Kier alpha value is -2.27. The Morgan fingerprint density at radius 3 is 2.40 bits per heavy atom. The minimum Gasteiger partial charge on any atom is -0.469 e. The van der Waals surface area contributed by atoms with Crippen LogP contribution in [-0.4, -0.2) is 32.7 Å². The van der Waals surface area contributed by atoms with Gasteiger partial charge in [-0.2, -0.15) is 34.2 Å². The molecule has 0 saturated heterocycles. The van der Waals surface area contributed by atoms with Gasteiger partial charge in [0.25, 0.3) is 10.0 Å². The summed E-state index contributed by atoms with van der Waals surface area (Å²) in [7, 11) is -2.88. The van der Waals surface area contributed by atoms with Gasteiger partial charge in [-0.3, -0.25) is 9.52 Å². The number of thiol groups is 1. The van der Waals surface area contributed by atoms with Crippen molar-refractivity contribution >= 4 is 34.3 Å². The first-order chi connectivity index (χ1) is 14.1. The summed E-state index contributed by atoms with van der Waals surface area (Å²) in [6.07, 6.45) is -1.67. The quantitative estimate of drug-likeness (QED) is 0.465. The van der Waals surface area contributed by atoms with Crippen molar-refractivity contribution in [3.05, 3.63) is 53.7 Å². The van der Waals surface area contributed by atoms with Gasteiger partial charge in [-0.25, -0.2) is 4.98 Å². The summed E-state index contributed by atoms with van der Waals surface area (Å²) < 4.78 is 69.6. The molecule has 0 saturated carbocycles. The second-order valence-electron chi connectivity index (χ2n) is 6.00. The number of hydrogen-bond donors (Lipinski definition) is 2. The molecule has 0 bridgehead atoms. The first kappa shape index (κ1) is 25.8. The number of carbonyl (C=O) groups is 1. The van der Waals surface area contributed by atoms with Crippen LogP contribution < -0.4 is 4.72 Å². The number of pyridine rings is 1. The maximum Gasteiger partial charge on any atom is 0.417 e. The van der Waals surface area contributed by atoms with E-state index < -0.39 is 26.8 Å². The molecule has 166 valence electrons. The molecule has 0 spiro atoms. The predicted octanol–water partition coefficient (Wildman–Crippen LogP) is 4.50. The van der Waals surface area contributed by atoms with Crippen LogP contribution in [0.15, 0.2) is 47.6 Å². The van der Waals surface area contributed by atoms with Crippen molar-refractivity contribution in [2.75, 3.05) is 18.1 Å². The summed E-state index contributed by atoms with van der Waals surface area (Å²) in [6.45, 7) is 1.89. The van der Waals surface area contributed by atoms with E-state index in [-0.39, 0.29) is 24.0 Å². The molecule has 6 nitrogen and oxygen atoms in total. The Kier molecular flexibility index (Phi) is 9.63. The van der Waals surface area contributed by atoms with Crippen LogP contribution in [0.5, 0.6) is 0 Å². The Morgan fingerprint density at radius 1 is 1.23 bits per heavy atom. The highest BCUT2D eigenvalue weighted by Crippen LogP contribution is 2.29. The van der Waals surface area contributed by atoms with E-state index in [0.717, 1.165) is 11.6 Å². The molecule has 0 aliphatic heterocycles. The maximum absolute atomic E-state index is 12.6. The van der Waals surface area contributed by atoms with Gasteiger partial charge in [0.05, 0.1) is 19.1 Å². The number of carbonyl (C=O) groups excluding carboxylic acids is 1. The smallest absolute Gasteiger partial charge is 0.417 e. The van der Waals surface area contributed by atoms with E-state index in [2.05, 4.69) is 27.1 Å². The van der Waals surface area contributed by atoms with Gasteiger partial charge in [0.2, 0.25) is 0 Å². The molecule has 30 heavy (non-hydrogen) atoms. The van der Waals surface area contributed by atoms with Gasteiger partial charge in [-0.1, -0.05) is 19.1 Å². The predicted molar refractivity (Wildman–Crippen MR) is 111 cm³/mol. The monoisotopic (exact) mass is 464 g/mol. The molecule has 1 atom stereocenters. The fraction of sp³-hybridized carbons (Fsp3) is 0.368. The third-order valence-electron chi connectivity index (χ3n) is 4.08. The molecule has 0 aliphatic carbocycles. The van der Waals surface area contributed by atoms with Crippen molar-refractivity contribution in [1.82, 2.24) is 4.98 Å². The molecule has 0 radical (unpaired) electrons. The first-order valence-electron chi connectivity index (χ1n) is 8.74. The third kappa shape index (κ3) is 7.21. The van der Waals surface area contributed by atoms with Crippen molar-refractivity contribution < 1.29 is 31.1 Å². The van der Waals surface area contributed by atoms with Gasteiger partial charge < -0.3 is 4.74 Å². The lowest BCUT2D eigenvalue weighted by Crippen LogP contribution is -2.16. The Balaban J connectivity index is 0.00000218. The zero-order chi connectivity index (χ0) is 22.9. The van der Waals surface area contributed by atoms with E-state index >= 15 is 0 Å². The SMILES string of the molecule is CCC(CC(=O)OC)c1cccc(NS(=O)(=O)c2ccc(C(F)(F)F)cn2)c1.CS. The van der Waals surface area contributed by atoms with E-state index in [0.29, 0.717) is 18.7 Å². The fourth-order valence-electron chi connectivity index (χ4n) is 2.55. The summed E-state index contributed by atoms with van der Waals surface area (Å²) in [6, 6.07) is 7.88. The molecule has 1 N–H and O–H groups in total. The van der Waals surface area contributed by atoms with Gasteiger partial charge in [-0.15, -0.1) is 0 Å². The van der Waals surface area contributed by atoms with Crippen molar-refractivity contribution in [1.29, 1.82) is 0 Å². The average molecular weight is 465 g/mol. The van der Waals surface area contributed by atoms with Crippen LogP contribution in [0.3, 0.4) is 0 Å². The highest BCUT2D eigenvalue weighted by Gasteiger charge is 2.31. The standard InChI is InChI=1S/C18H19F3N2O4S.CH4S/c1-3-12(10-17(24)27-2)13-5-4-6-15(9-13)23-28(25,26)16-8-7-14(11-22-16)18(19,20)21;1-2/h4-9,11-12,23H,3,10H2,1-2H3;2H,1H3. The lowest BCUT2D eigenvalue weighted by atomic mass is 9.93. The van der Waals surface area contributed by atoms with Gasteiger partial charge in [0.15, 0.2) is 5.03 Å². The zero-order valence-electron chi connectivity index (χ0n) is 16.6. The number of methoxy groups -OCH3 is 1. The number of sulfonamides is 1. The van der Waals surface area contributed by atoms with Crippen molar-refractivity contribution in [2.24, 2.45) is 0 Å². The Bertz CT molecular complexity index is 934. The van der Waals surface area contributed by atoms with E-state index in [1.165, 1.54) is 13.2 Å². The highest BCUT2D eigenvalue weighted by molar-refractivity contribution is 7.92. The van der Waals surface area contributed by atoms with Crippen LogP contribution in [0.25, 0.3) is 0 Å². The molecular weight excluding hydrogens is 441 g/mol. The lowest BCUT2D eigenvalue weighted by molar-refractivity contribution is -0.141. The topological polar surface area (TPSA) is 85.4 Å². The number of alkyl halides is 3. The number of hydrogen-bond acceptors (Lipinski definition) is 6. The molecule has 0 amide bonds. The second kappa shape index (κ2) is 11.2. The third-order valence-corrected chi connectivity index (χ3v) is 5.38.